The molecule has 2 aliphatic rings. The minimum absolute atomic E-state index is 0.0769. The predicted molar refractivity (Wildman–Crippen MR) is 129 cm³/mol. The molecular weight excluding hydrogens is 459 g/mol. The van der Waals surface area contributed by atoms with E-state index < -0.39 is 11.7 Å². The van der Waals surface area contributed by atoms with Gasteiger partial charge in [0.25, 0.3) is 11.8 Å². The number of benzene rings is 1. The number of pyridine rings is 1. The molecule has 0 unspecified atom stereocenters. The summed E-state index contributed by atoms with van der Waals surface area (Å²) in [6.07, 6.45) is 2.79. The molecule has 2 amide bonds. The van der Waals surface area contributed by atoms with Crippen LogP contribution in [0.15, 0.2) is 24.4 Å². The quantitative estimate of drug-likeness (QED) is 0.689. The number of hydrogen-bond acceptors (Lipinski definition) is 5. The zero-order valence-electron chi connectivity index (χ0n) is 19.7. The molecule has 1 aromatic carbocycles. The number of aromatic nitrogens is 1. The standard InChI is InChI=1S/C25H30ClFN4O3/c1-15-13-30(6-7-31(15)25(33)23-5-4-8-34-23)14-19-9-20(26)11-22(16(19)2)29-24(32)18-10-21(27)17(3)28-12-18/h9-12,15,23H,4-8,13-14H2,1-3H3,(H,29,32)/t15-,23+/m0/s1. The molecule has 0 saturated carbocycles. The van der Waals surface area contributed by atoms with Crippen LogP contribution < -0.4 is 5.32 Å². The van der Waals surface area contributed by atoms with Crippen LogP contribution in [-0.2, 0) is 16.1 Å². The molecule has 2 aromatic rings. The number of nitrogens with one attached hydrogen (secondary N) is 1. The number of halogens is 2. The van der Waals surface area contributed by atoms with Crippen molar-refractivity contribution in [1.29, 1.82) is 0 Å². The van der Waals surface area contributed by atoms with Crippen molar-refractivity contribution in [1.82, 2.24) is 14.8 Å². The molecule has 4 rings (SSSR count). The van der Waals surface area contributed by atoms with Crippen LogP contribution in [0.5, 0.6) is 0 Å². The molecular formula is C25H30ClFN4O3. The van der Waals surface area contributed by atoms with Crippen LogP contribution in [0.3, 0.4) is 0 Å². The van der Waals surface area contributed by atoms with Crippen molar-refractivity contribution >= 4 is 29.1 Å². The first kappa shape index (κ1) is 24.6. The fraction of sp³-hybridized carbons (Fsp3) is 0.480. The first-order valence-corrected chi connectivity index (χ1v) is 12.0. The molecule has 2 saturated heterocycles. The number of nitrogens with zero attached hydrogens (tertiary/aromatic N) is 3. The van der Waals surface area contributed by atoms with Gasteiger partial charge in [0.1, 0.15) is 11.9 Å². The summed E-state index contributed by atoms with van der Waals surface area (Å²) in [5, 5.41) is 3.34. The third-order valence-corrected chi connectivity index (χ3v) is 6.83. The van der Waals surface area contributed by atoms with Crippen molar-refractivity contribution in [3.63, 3.8) is 0 Å². The lowest BCUT2D eigenvalue weighted by Gasteiger charge is -2.41. The molecule has 0 spiro atoms. The zero-order chi connectivity index (χ0) is 24.4. The van der Waals surface area contributed by atoms with Gasteiger partial charge in [-0.15, -0.1) is 0 Å². The van der Waals surface area contributed by atoms with Crippen molar-refractivity contribution in [2.24, 2.45) is 0 Å². The van der Waals surface area contributed by atoms with E-state index in [1.165, 1.54) is 12.3 Å². The zero-order valence-corrected chi connectivity index (χ0v) is 20.5. The molecule has 9 heteroatoms. The van der Waals surface area contributed by atoms with E-state index in [-0.39, 0.29) is 29.3 Å². The van der Waals surface area contributed by atoms with Gasteiger partial charge in [0.05, 0.1) is 11.3 Å². The van der Waals surface area contributed by atoms with E-state index in [1.54, 1.807) is 13.0 Å². The second-order valence-electron chi connectivity index (χ2n) is 9.10. The summed E-state index contributed by atoms with van der Waals surface area (Å²) < 4.78 is 19.4. The smallest absolute Gasteiger partial charge is 0.257 e. The molecule has 2 aliphatic heterocycles. The van der Waals surface area contributed by atoms with Crippen molar-refractivity contribution in [3.8, 4) is 0 Å². The molecule has 0 bridgehead atoms. The lowest BCUT2D eigenvalue weighted by molar-refractivity contribution is -0.145. The van der Waals surface area contributed by atoms with Crippen molar-refractivity contribution in [3.05, 3.63) is 57.6 Å². The minimum atomic E-state index is -0.526. The molecule has 182 valence electrons. The Labute approximate surface area is 204 Å². The monoisotopic (exact) mass is 488 g/mol. The van der Waals surface area contributed by atoms with Crippen LogP contribution in [-0.4, -0.2) is 65.0 Å². The number of hydrogen-bond donors (Lipinski definition) is 1. The molecule has 1 aromatic heterocycles. The van der Waals surface area contributed by atoms with E-state index in [0.717, 1.165) is 37.1 Å². The second kappa shape index (κ2) is 10.4. The van der Waals surface area contributed by atoms with Gasteiger partial charge in [0, 0.05) is 55.7 Å². The van der Waals surface area contributed by atoms with E-state index in [0.29, 0.717) is 30.4 Å². The van der Waals surface area contributed by atoms with Gasteiger partial charge in [-0.05, 0) is 62.9 Å². The number of aryl methyl sites for hydroxylation is 1. The van der Waals surface area contributed by atoms with Crippen LogP contribution in [0.25, 0.3) is 0 Å². The lowest BCUT2D eigenvalue weighted by Crippen LogP contribution is -2.55. The van der Waals surface area contributed by atoms with Gasteiger partial charge in [-0.2, -0.15) is 0 Å². The van der Waals surface area contributed by atoms with Crippen LogP contribution >= 0.6 is 11.6 Å². The molecule has 0 radical (unpaired) electrons. The fourth-order valence-electron chi connectivity index (χ4n) is 4.56. The molecule has 0 aliphatic carbocycles. The predicted octanol–water partition coefficient (Wildman–Crippen LogP) is 3.95. The number of ether oxygens (including phenoxy) is 1. The molecule has 2 atom stereocenters. The summed E-state index contributed by atoms with van der Waals surface area (Å²) in [7, 11) is 0. The summed E-state index contributed by atoms with van der Waals surface area (Å²) in [5.74, 6) is -0.879. The Bertz CT molecular complexity index is 1090. The number of piperazine rings is 1. The van der Waals surface area contributed by atoms with Gasteiger partial charge in [-0.3, -0.25) is 19.5 Å². The lowest BCUT2D eigenvalue weighted by atomic mass is 10.0. The summed E-state index contributed by atoms with van der Waals surface area (Å²) in [4.78, 5) is 33.6. The second-order valence-corrected chi connectivity index (χ2v) is 9.54. The average Bonchev–Trinajstić information content (AvgIpc) is 3.33. The van der Waals surface area contributed by atoms with Gasteiger partial charge in [0.15, 0.2) is 0 Å². The van der Waals surface area contributed by atoms with Gasteiger partial charge < -0.3 is 15.0 Å². The maximum atomic E-state index is 13.8. The van der Waals surface area contributed by atoms with Gasteiger partial charge >= 0.3 is 0 Å². The summed E-state index contributed by atoms with van der Waals surface area (Å²) in [6, 6.07) is 4.84. The van der Waals surface area contributed by atoms with E-state index in [2.05, 4.69) is 22.1 Å². The average molecular weight is 489 g/mol. The van der Waals surface area contributed by atoms with Crippen LogP contribution in [0, 0.1) is 19.7 Å². The fourth-order valence-corrected chi connectivity index (χ4v) is 4.80. The highest BCUT2D eigenvalue weighted by molar-refractivity contribution is 6.31. The summed E-state index contributed by atoms with van der Waals surface area (Å²) in [5.41, 5.74) is 2.84. The van der Waals surface area contributed by atoms with Crippen LogP contribution in [0.2, 0.25) is 5.02 Å². The minimum Gasteiger partial charge on any atom is -0.368 e. The Balaban J connectivity index is 1.43. The van der Waals surface area contributed by atoms with Gasteiger partial charge in [-0.1, -0.05) is 11.6 Å². The van der Waals surface area contributed by atoms with Gasteiger partial charge in [-0.25, -0.2) is 4.39 Å². The highest BCUT2D eigenvalue weighted by Crippen LogP contribution is 2.28. The molecule has 1 N–H and O–H groups in total. The number of carbonyl (C=O) groups is 2. The van der Waals surface area contributed by atoms with Crippen molar-refractivity contribution in [2.75, 3.05) is 31.6 Å². The van der Waals surface area contributed by atoms with Crippen molar-refractivity contribution in [2.45, 2.75) is 52.3 Å². The van der Waals surface area contributed by atoms with E-state index in [9.17, 15) is 14.0 Å². The number of carbonyl (C=O) groups excluding carboxylic acids is 2. The molecule has 34 heavy (non-hydrogen) atoms. The number of rotatable bonds is 5. The van der Waals surface area contributed by atoms with Gasteiger partial charge in [0.2, 0.25) is 0 Å². The Morgan fingerprint density at radius 3 is 2.74 bits per heavy atom. The highest BCUT2D eigenvalue weighted by Gasteiger charge is 2.34. The van der Waals surface area contributed by atoms with E-state index in [4.69, 9.17) is 16.3 Å². The molecule has 2 fully saturated rings. The topological polar surface area (TPSA) is 74.8 Å². The molecule has 3 heterocycles. The first-order chi connectivity index (χ1) is 16.2. The molecule has 7 nitrogen and oxygen atoms in total. The van der Waals surface area contributed by atoms with Crippen LogP contribution in [0.1, 0.15) is 46.9 Å². The largest absolute Gasteiger partial charge is 0.368 e. The third kappa shape index (κ3) is 5.40. The Morgan fingerprint density at radius 1 is 1.26 bits per heavy atom. The Morgan fingerprint density at radius 2 is 2.06 bits per heavy atom. The number of anilines is 1. The summed E-state index contributed by atoms with van der Waals surface area (Å²) >= 11 is 6.37. The van der Waals surface area contributed by atoms with E-state index in [1.807, 2.05) is 17.9 Å². The summed E-state index contributed by atoms with van der Waals surface area (Å²) in [6.45, 7) is 8.96. The highest BCUT2D eigenvalue weighted by atomic mass is 35.5. The Kier molecular flexibility index (Phi) is 7.50. The SMILES string of the molecule is Cc1ncc(C(=O)Nc2cc(Cl)cc(CN3CCN(C(=O)[C@H]4CCCO4)[C@@H](C)C3)c2C)cc1F. The normalized spacial score (nSPS) is 21.0. The third-order valence-electron chi connectivity index (χ3n) is 6.61. The Hall–Kier alpha value is -2.55. The van der Waals surface area contributed by atoms with E-state index >= 15 is 0 Å². The van der Waals surface area contributed by atoms with Crippen molar-refractivity contribution < 1.29 is 18.7 Å². The van der Waals surface area contributed by atoms with Crippen LogP contribution in [0.4, 0.5) is 10.1 Å². The maximum Gasteiger partial charge on any atom is 0.257 e. The number of amides is 2. The maximum absolute atomic E-state index is 13.8. The first-order valence-electron chi connectivity index (χ1n) is 11.6.